The number of rotatable bonds is 3. The van der Waals surface area contributed by atoms with Crippen molar-refractivity contribution in [3.8, 4) is 0 Å². The molecule has 84 valence electrons. The fourth-order valence-corrected chi connectivity index (χ4v) is 1.45. The molecule has 16 heavy (non-hydrogen) atoms. The lowest BCUT2D eigenvalue weighted by atomic mass is 10.1. The largest absolute Gasteiger partial charge is 0.344 e. The van der Waals surface area contributed by atoms with Crippen LogP contribution in [0.15, 0.2) is 36.9 Å². The van der Waals surface area contributed by atoms with E-state index in [1.54, 1.807) is 24.3 Å². The highest BCUT2D eigenvalue weighted by Crippen LogP contribution is 2.20. The normalized spacial score (nSPS) is 14.7. The van der Waals surface area contributed by atoms with Gasteiger partial charge in [-0.3, -0.25) is 0 Å². The first-order valence-electron chi connectivity index (χ1n) is 4.59. The molecule has 0 aliphatic heterocycles. The number of aromatic nitrogens is 3. The molecule has 6 heteroatoms. The third-order valence-corrected chi connectivity index (χ3v) is 2.36. The Hall–Kier alpha value is -1.46. The van der Waals surface area contributed by atoms with Gasteiger partial charge in [0.2, 0.25) is 0 Å². The maximum atomic E-state index is 13.8. The van der Waals surface area contributed by atoms with Crippen molar-refractivity contribution in [3.63, 3.8) is 0 Å². The Morgan fingerprint density at radius 1 is 1.38 bits per heavy atom. The number of halogens is 2. The standard InChI is InChI=1S/C10H9ClFN3O/c11-9-3-1-8(2-4-9)5-10(12,16)15-7-13-6-14-15/h1-4,6-7,16H,5H2. The maximum absolute atomic E-state index is 13.8. The second kappa shape index (κ2) is 4.19. The summed E-state index contributed by atoms with van der Waals surface area (Å²) in [5.41, 5.74) is 0.616. The van der Waals surface area contributed by atoms with Gasteiger partial charge in [0.25, 0.3) is 0 Å². The summed E-state index contributed by atoms with van der Waals surface area (Å²) in [6, 6.07) is 6.55. The Balaban J connectivity index is 2.18. The van der Waals surface area contributed by atoms with Crippen LogP contribution in [0, 0.1) is 0 Å². The van der Waals surface area contributed by atoms with E-state index in [4.69, 9.17) is 11.6 Å². The Bertz CT molecular complexity index is 455. The molecule has 2 aromatic rings. The summed E-state index contributed by atoms with van der Waals surface area (Å²) in [6.07, 6.45) is 2.07. The third kappa shape index (κ3) is 2.37. The first kappa shape index (κ1) is 11.0. The molecule has 0 saturated heterocycles. The molecule has 1 heterocycles. The molecular weight excluding hydrogens is 233 g/mol. The van der Waals surface area contributed by atoms with Gasteiger partial charge in [0, 0.05) is 5.02 Å². The highest BCUT2D eigenvalue weighted by atomic mass is 35.5. The molecule has 1 aromatic heterocycles. The second-order valence-corrected chi connectivity index (χ2v) is 3.80. The van der Waals surface area contributed by atoms with Crippen LogP contribution >= 0.6 is 11.6 Å². The molecule has 0 saturated carbocycles. The zero-order valence-electron chi connectivity index (χ0n) is 8.22. The monoisotopic (exact) mass is 241 g/mol. The first-order valence-corrected chi connectivity index (χ1v) is 4.96. The summed E-state index contributed by atoms with van der Waals surface area (Å²) in [4.78, 5) is 3.57. The fraction of sp³-hybridized carbons (Fsp3) is 0.200. The van der Waals surface area contributed by atoms with Crippen LogP contribution in [0.25, 0.3) is 0 Å². The molecule has 1 unspecified atom stereocenters. The quantitative estimate of drug-likeness (QED) is 0.891. The predicted molar refractivity (Wildman–Crippen MR) is 56.5 cm³/mol. The van der Waals surface area contributed by atoms with Crippen LogP contribution in [0.2, 0.25) is 5.02 Å². The van der Waals surface area contributed by atoms with E-state index in [1.807, 2.05) is 0 Å². The van der Waals surface area contributed by atoms with E-state index in [9.17, 15) is 9.50 Å². The number of benzene rings is 1. The van der Waals surface area contributed by atoms with Crippen molar-refractivity contribution in [2.24, 2.45) is 0 Å². The van der Waals surface area contributed by atoms with Gasteiger partial charge in [-0.2, -0.15) is 14.2 Å². The van der Waals surface area contributed by atoms with Crippen molar-refractivity contribution in [2.45, 2.75) is 12.4 Å². The van der Waals surface area contributed by atoms with Gasteiger partial charge >= 0.3 is 5.98 Å². The van der Waals surface area contributed by atoms with E-state index in [2.05, 4.69) is 10.1 Å². The Morgan fingerprint density at radius 3 is 2.62 bits per heavy atom. The van der Waals surface area contributed by atoms with Gasteiger partial charge in [-0.05, 0) is 17.7 Å². The molecule has 4 nitrogen and oxygen atoms in total. The predicted octanol–water partition coefficient (Wildman–Crippen LogP) is 1.75. The molecule has 0 spiro atoms. The Labute approximate surface area is 96.3 Å². The van der Waals surface area contributed by atoms with Gasteiger partial charge < -0.3 is 5.11 Å². The van der Waals surface area contributed by atoms with Crippen molar-refractivity contribution < 1.29 is 9.50 Å². The van der Waals surface area contributed by atoms with Crippen LogP contribution in [0.3, 0.4) is 0 Å². The summed E-state index contributed by atoms with van der Waals surface area (Å²) >= 11 is 5.70. The van der Waals surface area contributed by atoms with E-state index in [1.165, 1.54) is 0 Å². The van der Waals surface area contributed by atoms with Crippen molar-refractivity contribution in [1.82, 2.24) is 14.8 Å². The number of hydrogen-bond acceptors (Lipinski definition) is 3. The van der Waals surface area contributed by atoms with Crippen LogP contribution in [0.4, 0.5) is 4.39 Å². The minimum Gasteiger partial charge on any atom is -0.344 e. The summed E-state index contributed by atoms with van der Waals surface area (Å²) in [5, 5.41) is 13.7. The van der Waals surface area contributed by atoms with Crippen LogP contribution < -0.4 is 0 Å². The number of nitrogens with zero attached hydrogens (tertiary/aromatic N) is 3. The van der Waals surface area contributed by atoms with Crippen molar-refractivity contribution in [2.75, 3.05) is 0 Å². The topological polar surface area (TPSA) is 50.9 Å². The van der Waals surface area contributed by atoms with E-state index in [-0.39, 0.29) is 6.42 Å². The lowest BCUT2D eigenvalue weighted by Gasteiger charge is -2.18. The van der Waals surface area contributed by atoms with E-state index in [0.717, 1.165) is 17.3 Å². The molecule has 0 aliphatic carbocycles. The highest BCUT2D eigenvalue weighted by molar-refractivity contribution is 6.30. The van der Waals surface area contributed by atoms with Gasteiger partial charge in [0.15, 0.2) is 0 Å². The molecular formula is C10H9ClFN3O. The van der Waals surface area contributed by atoms with Crippen LogP contribution in [-0.4, -0.2) is 19.9 Å². The van der Waals surface area contributed by atoms with E-state index in [0.29, 0.717) is 10.6 Å². The average molecular weight is 242 g/mol. The first-order chi connectivity index (χ1) is 7.58. The van der Waals surface area contributed by atoms with Gasteiger partial charge in [0.05, 0.1) is 6.42 Å². The molecule has 0 fully saturated rings. The molecule has 1 aromatic carbocycles. The molecule has 1 N–H and O–H groups in total. The zero-order valence-corrected chi connectivity index (χ0v) is 8.97. The Morgan fingerprint density at radius 2 is 2.06 bits per heavy atom. The molecule has 2 rings (SSSR count). The molecule has 0 aliphatic rings. The smallest absolute Gasteiger partial charge is 0.311 e. The summed E-state index contributed by atoms with van der Waals surface area (Å²) in [7, 11) is 0. The van der Waals surface area contributed by atoms with Crippen molar-refractivity contribution in [1.29, 1.82) is 0 Å². The SMILES string of the molecule is OC(F)(Cc1ccc(Cl)cc1)n1cncn1. The van der Waals surface area contributed by atoms with Crippen LogP contribution in [0.5, 0.6) is 0 Å². The van der Waals surface area contributed by atoms with Gasteiger partial charge in [-0.1, -0.05) is 23.7 Å². The molecule has 1 atom stereocenters. The fourth-order valence-electron chi connectivity index (χ4n) is 1.33. The number of aliphatic hydroxyl groups is 1. The Kier molecular flexibility index (Phi) is 2.89. The average Bonchev–Trinajstić information content (AvgIpc) is 2.75. The summed E-state index contributed by atoms with van der Waals surface area (Å²) < 4.78 is 14.6. The third-order valence-electron chi connectivity index (χ3n) is 2.11. The van der Waals surface area contributed by atoms with Gasteiger partial charge in [-0.15, -0.1) is 0 Å². The molecule has 0 amide bonds. The van der Waals surface area contributed by atoms with Gasteiger partial charge in [0.1, 0.15) is 12.7 Å². The highest BCUT2D eigenvalue weighted by Gasteiger charge is 2.29. The number of alkyl halides is 1. The maximum Gasteiger partial charge on any atom is 0.311 e. The number of hydrogen-bond donors (Lipinski definition) is 1. The van der Waals surface area contributed by atoms with Gasteiger partial charge in [-0.25, -0.2) is 4.98 Å². The van der Waals surface area contributed by atoms with Crippen LogP contribution in [-0.2, 0) is 12.4 Å². The van der Waals surface area contributed by atoms with E-state index >= 15 is 0 Å². The van der Waals surface area contributed by atoms with Crippen LogP contribution in [0.1, 0.15) is 5.56 Å². The zero-order chi connectivity index (χ0) is 11.6. The lowest BCUT2D eigenvalue weighted by Crippen LogP contribution is -2.31. The van der Waals surface area contributed by atoms with Crippen molar-refractivity contribution >= 4 is 11.6 Å². The van der Waals surface area contributed by atoms with Crippen molar-refractivity contribution in [3.05, 3.63) is 47.5 Å². The molecule has 0 radical (unpaired) electrons. The summed E-state index contributed by atoms with van der Waals surface area (Å²) in [5.74, 6) is -2.58. The van der Waals surface area contributed by atoms with E-state index < -0.39 is 5.98 Å². The minimum absolute atomic E-state index is 0.215. The lowest BCUT2D eigenvalue weighted by molar-refractivity contribution is -0.169. The molecule has 0 bridgehead atoms. The second-order valence-electron chi connectivity index (χ2n) is 3.36. The minimum atomic E-state index is -2.58. The summed E-state index contributed by atoms with van der Waals surface area (Å²) in [6.45, 7) is 0.